The molecule has 1 rings (SSSR count). The number of amidine groups is 1. The molecule has 76 valence electrons. The van der Waals surface area contributed by atoms with Crippen LogP contribution >= 0.6 is 12.4 Å². The number of aryl methyl sites for hydroxylation is 1. The molecule has 0 radical (unpaired) electrons. The lowest BCUT2D eigenvalue weighted by atomic mass is 10.2. The number of amides is 1. The van der Waals surface area contributed by atoms with Crippen molar-refractivity contribution in [1.29, 1.82) is 5.41 Å². The third kappa shape index (κ3) is 3.40. The predicted molar refractivity (Wildman–Crippen MR) is 54.2 cm³/mol. The van der Waals surface area contributed by atoms with Crippen LogP contribution < -0.4 is 5.32 Å². The van der Waals surface area contributed by atoms with Gasteiger partial charge in [0.15, 0.2) is 5.84 Å². The quantitative estimate of drug-likeness (QED) is 0.489. The number of aromatic nitrogens is 1. The molecular weight excluding hydrogens is 206 g/mol. The molecule has 5 nitrogen and oxygen atoms in total. The van der Waals surface area contributed by atoms with Gasteiger partial charge in [0, 0.05) is 6.20 Å². The number of carboxylic acid groups (broad SMARTS) is 1. The molecule has 14 heavy (non-hydrogen) atoms. The van der Waals surface area contributed by atoms with E-state index in [2.05, 4.69) is 4.98 Å². The molecule has 0 spiro atoms. The van der Waals surface area contributed by atoms with E-state index in [1.54, 1.807) is 18.3 Å². The van der Waals surface area contributed by atoms with Crippen molar-refractivity contribution in [3.8, 4) is 0 Å². The first-order valence-electron chi connectivity index (χ1n) is 3.61. The van der Waals surface area contributed by atoms with Gasteiger partial charge in [-0.3, -0.25) is 15.7 Å². The van der Waals surface area contributed by atoms with Crippen LogP contribution in [0.5, 0.6) is 0 Å². The molecule has 1 aromatic rings. The second-order valence-corrected chi connectivity index (χ2v) is 2.53. The molecular formula is C8H10ClN3O2. The van der Waals surface area contributed by atoms with Gasteiger partial charge in [-0.1, -0.05) is 6.07 Å². The van der Waals surface area contributed by atoms with Crippen LogP contribution in [0.2, 0.25) is 0 Å². The molecule has 1 heterocycles. The number of nitrogens with zero attached hydrogens (tertiary/aromatic N) is 1. The van der Waals surface area contributed by atoms with E-state index in [1.165, 1.54) is 0 Å². The molecule has 0 saturated heterocycles. The Kier molecular flexibility index (Phi) is 4.58. The summed E-state index contributed by atoms with van der Waals surface area (Å²) in [5.74, 6) is -0.215. The summed E-state index contributed by atoms with van der Waals surface area (Å²) in [4.78, 5) is 14.1. The Balaban J connectivity index is 0.00000169. The maximum Gasteiger partial charge on any atom is 0.410 e. The Labute approximate surface area is 87.1 Å². The minimum atomic E-state index is -1.26. The largest absolute Gasteiger partial charge is 0.465 e. The Morgan fingerprint density at radius 1 is 1.57 bits per heavy atom. The Bertz CT molecular complexity index is 337. The number of halogens is 1. The number of hydrogen-bond donors (Lipinski definition) is 3. The maximum absolute atomic E-state index is 10.2. The van der Waals surface area contributed by atoms with Gasteiger partial charge in [-0.05, 0) is 18.6 Å². The first kappa shape index (κ1) is 12.4. The van der Waals surface area contributed by atoms with Crippen LogP contribution in [-0.2, 0) is 0 Å². The Morgan fingerprint density at radius 3 is 2.64 bits per heavy atom. The molecule has 1 amide bonds. The summed E-state index contributed by atoms with van der Waals surface area (Å²) in [6.07, 6.45) is 0.320. The van der Waals surface area contributed by atoms with Gasteiger partial charge in [0.1, 0.15) is 5.69 Å². The lowest BCUT2D eigenvalue weighted by Crippen LogP contribution is -2.29. The lowest BCUT2D eigenvalue weighted by molar-refractivity contribution is 0.200. The van der Waals surface area contributed by atoms with Crippen molar-refractivity contribution in [2.45, 2.75) is 6.92 Å². The van der Waals surface area contributed by atoms with Crippen LogP contribution in [0.15, 0.2) is 18.3 Å². The van der Waals surface area contributed by atoms with Crippen LogP contribution in [0.1, 0.15) is 11.3 Å². The van der Waals surface area contributed by atoms with E-state index in [9.17, 15) is 4.79 Å². The van der Waals surface area contributed by atoms with E-state index in [0.29, 0.717) is 5.69 Å². The zero-order valence-corrected chi connectivity index (χ0v) is 8.26. The first-order valence-corrected chi connectivity index (χ1v) is 3.61. The van der Waals surface area contributed by atoms with Crippen molar-refractivity contribution < 1.29 is 9.90 Å². The molecule has 0 saturated carbocycles. The lowest BCUT2D eigenvalue weighted by Gasteiger charge is -2.01. The fourth-order valence-corrected chi connectivity index (χ4v) is 0.787. The highest BCUT2D eigenvalue weighted by atomic mass is 35.5. The maximum atomic E-state index is 10.2. The average Bonchev–Trinajstić information content (AvgIpc) is 2.04. The Hall–Kier alpha value is -1.62. The molecule has 0 fully saturated rings. The molecule has 0 aliphatic carbocycles. The highest BCUT2D eigenvalue weighted by Gasteiger charge is 2.04. The fourth-order valence-electron chi connectivity index (χ4n) is 0.787. The fraction of sp³-hybridized carbons (Fsp3) is 0.125. The number of hydrogen-bond acceptors (Lipinski definition) is 3. The van der Waals surface area contributed by atoms with Crippen LogP contribution in [0, 0.1) is 12.3 Å². The third-order valence-corrected chi connectivity index (χ3v) is 1.40. The van der Waals surface area contributed by atoms with Crippen molar-refractivity contribution in [3.63, 3.8) is 0 Å². The summed E-state index contributed by atoms with van der Waals surface area (Å²) in [6.45, 7) is 1.87. The number of pyridine rings is 1. The van der Waals surface area contributed by atoms with Gasteiger partial charge in [-0.15, -0.1) is 12.4 Å². The highest BCUT2D eigenvalue weighted by molar-refractivity contribution is 6.02. The summed E-state index contributed by atoms with van der Waals surface area (Å²) in [5.41, 5.74) is 1.28. The van der Waals surface area contributed by atoms with Crippen molar-refractivity contribution in [1.82, 2.24) is 10.3 Å². The van der Waals surface area contributed by atoms with Crippen LogP contribution in [0.3, 0.4) is 0 Å². The summed E-state index contributed by atoms with van der Waals surface area (Å²) < 4.78 is 0. The van der Waals surface area contributed by atoms with Crippen LogP contribution in [0.4, 0.5) is 4.79 Å². The molecule has 0 unspecified atom stereocenters. The molecule has 0 aliphatic heterocycles. The second kappa shape index (κ2) is 5.18. The number of rotatable bonds is 1. The molecule has 1 aromatic heterocycles. The second-order valence-electron chi connectivity index (χ2n) is 2.53. The topological polar surface area (TPSA) is 86.1 Å². The zero-order chi connectivity index (χ0) is 9.84. The third-order valence-electron chi connectivity index (χ3n) is 1.40. The van der Waals surface area contributed by atoms with Crippen LogP contribution in [-0.4, -0.2) is 22.0 Å². The molecule has 6 heteroatoms. The number of carbonyl (C=O) groups is 1. The summed E-state index contributed by atoms with van der Waals surface area (Å²) in [5, 5.41) is 17.5. The summed E-state index contributed by atoms with van der Waals surface area (Å²) >= 11 is 0. The van der Waals surface area contributed by atoms with E-state index < -0.39 is 6.09 Å². The van der Waals surface area contributed by atoms with Gasteiger partial charge in [0.2, 0.25) is 0 Å². The van der Waals surface area contributed by atoms with Crippen molar-refractivity contribution in [2.24, 2.45) is 0 Å². The van der Waals surface area contributed by atoms with E-state index in [0.717, 1.165) is 5.56 Å². The van der Waals surface area contributed by atoms with Crippen LogP contribution in [0.25, 0.3) is 0 Å². The minimum Gasteiger partial charge on any atom is -0.465 e. The molecule has 0 atom stereocenters. The van der Waals surface area contributed by atoms with E-state index >= 15 is 0 Å². The van der Waals surface area contributed by atoms with Crippen molar-refractivity contribution in [2.75, 3.05) is 0 Å². The monoisotopic (exact) mass is 215 g/mol. The Morgan fingerprint density at radius 2 is 2.21 bits per heavy atom. The molecule has 0 bridgehead atoms. The molecule has 0 aromatic carbocycles. The molecule has 3 N–H and O–H groups in total. The number of nitrogens with one attached hydrogen (secondary N) is 2. The normalized spacial score (nSPS) is 8.64. The van der Waals surface area contributed by atoms with Gasteiger partial charge in [0.05, 0.1) is 0 Å². The smallest absolute Gasteiger partial charge is 0.410 e. The van der Waals surface area contributed by atoms with Crippen molar-refractivity contribution in [3.05, 3.63) is 29.6 Å². The van der Waals surface area contributed by atoms with Gasteiger partial charge < -0.3 is 5.11 Å². The van der Waals surface area contributed by atoms with Gasteiger partial charge in [-0.2, -0.15) is 0 Å². The first-order chi connectivity index (χ1) is 6.09. The minimum absolute atomic E-state index is 0. The van der Waals surface area contributed by atoms with Gasteiger partial charge in [-0.25, -0.2) is 4.79 Å². The van der Waals surface area contributed by atoms with E-state index in [1.807, 2.05) is 12.2 Å². The summed E-state index contributed by atoms with van der Waals surface area (Å²) in [6, 6.07) is 3.36. The highest BCUT2D eigenvalue weighted by Crippen LogP contribution is 1.97. The van der Waals surface area contributed by atoms with E-state index in [4.69, 9.17) is 10.5 Å². The van der Waals surface area contributed by atoms with Gasteiger partial charge >= 0.3 is 6.09 Å². The summed E-state index contributed by atoms with van der Waals surface area (Å²) in [7, 11) is 0. The predicted octanol–water partition coefficient (Wildman–Crippen LogP) is 1.40. The zero-order valence-electron chi connectivity index (χ0n) is 7.44. The van der Waals surface area contributed by atoms with Crippen molar-refractivity contribution >= 4 is 24.3 Å². The average molecular weight is 216 g/mol. The van der Waals surface area contributed by atoms with Gasteiger partial charge in [0.25, 0.3) is 0 Å². The molecule has 0 aliphatic rings. The standard InChI is InChI=1S/C8H9N3O2.ClH/c1-5-2-3-6(10-4-5)7(9)11-8(12)13;/h2-4H,1H3,(H2,9,11)(H,12,13);1H. The SMILES string of the molecule is Cc1ccc(C(=N)NC(=O)O)nc1.Cl. The van der Waals surface area contributed by atoms with E-state index in [-0.39, 0.29) is 18.2 Å².